The van der Waals surface area contributed by atoms with E-state index in [0.29, 0.717) is 35.0 Å². The van der Waals surface area contributed by atoms with Gasteiger partial charge in [-0.25, -0.2) is 4.79 Å². The molecule has 2 rings (SSSR count). The summed E-state index contributed by atoms with van der Waals surface area (Å²) in [6.45, 7) is 8.08. The van der Waals surface area contributed by atoms with Gasteiger partial charge in [0.15, 0.2) is 0 Å². The van der Waals surface area contributed by atoms with Gasteiger partial charge in [0.25, 0.3) is 0 Å². The van der Waals surface area contributed by atoms with Gasteiger partial charge in [-0.15, -0.1) is 5.10 Å². The number of nitrogens with zero attached hydrogens (tertiary/aromatic N) is 2. The van der Waals surface area contributed by atoms with Crippen molar-refractivity contribution < 1.29 is 9.53 Å². The smallest absolute Gasteiger partial charge is 0.375 e. The first-order valence-electron chi connectivity index (χ1n) is 8.01. The maximum absolute atomic E-state index is 12.3. The zero-order valence-electron chi connectivity index (χ0n) is 13.9. The number of hydrogen-bond donors (Lipinski definition) is 1. The van der Waals surface area contributed by atoms with Crippen LogP contribution in [0.15, 0.2) is 29.4 Å². The Morgan fingerprint density at radius 2 is 2.00 bits per heavy atom. The number of halogens is 1. The Balaban J connectivity index is 2.21. The van der Waals surface area contributed by atoms with Crippen molar-refractivity contribution in [2.75, 3.05) is 25.1 Å². The van der Waals surface area contributed by atoms with Crippen molar-refractivity contribution in [3.05, 3.63) is 29.3 Å². The number of amidine groups is 1. The van der Waals surface area contributed by atoms with Gasteiger partial charge < -0.3 is 9.64 Å². The molecule has 0 bridgehead atoms. The molecule has 5 nitrogen and oxygen atoms in total. The summed E-state index contributed by atoms with van der Waals surface area (Å²) in [5.41, 5.74) is 3.55. The summed E-state index contributed by atoms with van der Waals surface area (Å²) < 4.78 is 5.16. The number of esters is 1. The van der Waals surface area contributed by atoms with Crippen LogP contribution >= 0.6 is 11.6 Å². The number of nitrogens with one attached hydrogen (secondary N) is 1. The lowest BCUT2D eigenvalue weighted by Gasteiger charge is -2.36. The lowest BCUT2D eigenvalue weighted by atomic mass is 9.92. The Hall–Kier alpha value is -1.75. The van der Waals surface area contributed by atoms with Gasteiger partial charge in [0, 0.05) is 13.1 Å². The van der Waals surface area contributed by atoms with Crippen LogP contribution in [-0.4, -0.2) is 36.4 Å². The number of hydrogen-bond acceptors (Lipinski definition) is 4. The van der Waals surface area contributed by atoms with Crippen molar-refractivity contribution in [2.24, 2.45) is 16.9 Å². The topological polar surface area (TPSA) is 53.9 Å². The van der Waals surface area contributed by atoms with Gasteiger partial charge in [-0.2, -0.15) is 0 Å². The summed E-state index contributed by atoms with van der Waals surface area (Å²) in [6.07, 6.45) is 1.16. The summed E-state index contributed by atoms with van der Waals surface area (Å²) in [5.74, 6) is 0.927. The van der Waals surface area contributed by atoms with E-state index < -0.39 is 5.97 Å². The predicted octanol–water partition coefficient (Wildman–Crippen LogP) is 3.61. The van der Waals surface area contributed by atoms with Crippen LogP contribution in [0.2, 0.25) is 5.02 Å². The lowest BCUT2D eigenvalue weighted by molar-refractivity contribution is -0.136. The van der Waals surface area contributed by atoms with E-state index in [-0.39, 0.29) is 0 Å². The maximum Gasteiger partial charge on any atom is 0.375 e. The van der Waals surface area contributed by atoms with Crippen molar-refractivity contribution in [1.29, 1.82) is 0 Å². The normalized spacial score (nSPS) is 21.9. The molecule has 1 N–H and O–H groups in total. The molecule has 1 aliphatic heterocycles. The van der Waals surface area contributed by atoms with Gasteiger partial charge in [0.1, 0.15) is 0 Å². The molecule has 6 heteroatoms. The fourth-order valence-electron chi connectivity index (χ4n) is 2.94. The molecule has 0 saturated carbocycles. The molecule has 0 aromatic heterocycles. The van der Waals surface area contributed by atoms with Gasteiger partial charge in [-0.05, 0) is 37.3 Å². The molecule has 1 aromatic rings. The fraction of sp³-hybridized carbons (Fsp3) is 0.529. The zero-order chi connectivity index (χ0) is 16.8. The van der Waals surface area contributed by atoms with E-state index in [1.165, 1.54) is 0 Å². The first-order valence-corrected chi connectivity index (χ1v) is 8.39. The van der Waals surface area contributed by atoms with Gasteiger partial charge in [-0.3, -0.25) is 5.43 Å². The van der Waals surface area contributed by atoms with Crippen LogP contribution in [-0.2, 0) is 9.53 Å². The minimum atomic E-state index is -0.409. The molecule has 1 fully saturated rings. The van der Waals surface area contributed by atoms with Crippen molar-refractivity contribution in [1.82, 2.24) is 4.90 Å². The SMILES string of the molecule is CCOC(=O)/C(=N/Nc1ccccc1Cl)N1C[C@H](C)C[C@@H](C)C1. The third-order valence-corrected chi connectivity index (χ3v) is 4.11. The number of anilines is 1. The number of rotatable bonds is 3. The first-order chi connectivity index (χ1) is 11.0. The average molecular weight is 338 g/mol. The van der Waals surface area contributed by atoms with E-state index in [4.69, 9.17) is 16.3 Å². The van der Waals surface area contributed by atoms with Crippen molar-refractivity contribution in [3.63, 3.8) is 0 Å². The van der Waals surface area contributed by atoms with Crippen LogP contribution in [0.4, 0.5) is 5.69 Å². The second-order valence-corrected chi connectivity index (χ2v) is 6.51. The van der Waals surface area contributed by atoms with E-state index in [9.17, 15) is 4.79 Å². The van der Waals surface area contributed by atoms with Crippen LogP contribution in [0.5, 0.6) is 0 Å². The minimum absolute atomic E-state index is 0.310. The third-order valence-electron chi connectivity index (χ3n) is 3.78. The Kier molecular flexibility index (Phi) is 6.28. The van der Waals surface area contributed by atoms with Crippen molar-refractivity contribution >= 4 is 29.1 Å². The Morgan fingerprint density at radius 1 is 1.35 bits per heavy atom. The van der Waals surface area contributed by atoms with E-state index in [1.807, 2.05) is 23.1 Å². The van der Waals surface area contributed by atoms with Crippen LogP contribution in [0.3, 0.4) is 0 Å². The van der Waals surface area contributed by atoms with E-state index in [1.54, 1.807) is 13.0 Å². The molecule has 23 heavy (non-hydrogen) atoms. The number of benzene rings is 1. The monoisotopic (exact) mass is 337 g/mol. The zero-order valence-corrected chi connectivity index (χ0v) is 14.6. The molecule has 1 aliphatic rings. The molecular formula is C17H24ClN3O2. The molecule has 0 unspecified atom stereocenters. The largest absolute Gasteiger partial charge is 0.460 e. The molecule has 2 atom stereocenters. The number of carbonyl (C=O) groups is 1. The molecule has 0 radical (unpaired) electrons. The average Bonchev–Trinajstić information content (AvgIpc) is 2.48. The summed E-state index contributed by atoms with van der Waals surface area (Å²) in [5, 5.41) is 4.85. The van der Waals surface area contributed by atoms with Crippen molar-refractivity contribution in [3.8, 4) is 0 Å². The quantitative estimate of drug-likeness (QED) is 0.396. The van der Waals surface area contributed by atoms with Gasteiger partial charge in [-0.1, -0.05) is 37.6 Å². The number of ether oxygens (including phenoxy) is 1. The maximum atomic E-state index is 12.3. The van der Waals surface area contributed by atoms with Crippen LogP contribution in [0.25, 0.3) is 0 Å². The second kappa shape index (κ2) is 8.20. The van der Waals surface area contributed by atoms with Crippen LogP contribution < -0.4 is 5.43 Å². The Labute approximate surface area is 142 Å². The molecule has 0 aliphatic carbocycles. The second-order valence-electron chi connectivity index (χ2n) is 6.10. The van der Waals surface area contributed by atoms with Gasteiger partial charge in [0.2, 0.25) is 5.84 Å². The molecular weight excluding hydrogens is 314 g/mol. The van der Waals surface area contributed by atoms with Gasteiger partial charge in [0.05, 0.1) is 17.3 Å². The molecule has 0 amide bonds. The van der Waals surface area contributed by atoms with Crippen LogP contribution in [0, 0.1) is 11.8 Å². The van der Waals surface area contributed by atoms with E-state index >= 15 is 0 Å². The van der Waals surface area contributed by atoms with Crippen LogP contribution in [0.1, 0.15) is 27.2 Å². The van der Waals surface area contributed by atoms with Gasteiger partial charge >= 0.3 is 5.97 Å². The lowest BCUT2D eigenvalue weighted by Crippen LogP contribution is -2.46. The predicted molar refractivity (Wildman–Crippen MR) is 93.7 cm³/mol. The van der Waals surface area contributed by atoms with E-state index in [2.05, 4.69) is 24.4 Å². The summed E-state index contributed by atoms with van der Waals surface area (Å²) in [7, 11) is 0. The van der Waals surface area contributed by atoms with E-state index in [0.717, 1.165) is 19.5 Å². The highest BCUT2D eigenvalue weighted by atomic mass is 35.5. The Bertz CT molecular complexity index is 567. The number of carbonyl (C=O) groups excluding carboxylic acids is 1. The number of hydrazone groups is 1. The summed E-state index contributed by atoms with van der Waals surface area (Å²) in [4.78, 5) is 14.3. The molecule has 1 heterocycles. The highest BCUT2D eigenvalue weighted by Gasteiger charge is 2.28. The third kappa shape index (κ3) is 4.86. The standard InChI is InChI=1S/C17H24ClN3O2/c1-4-23-17(22)16(21-10-12(2)9-13(3)11-21)20-19-15-8-6-5-7-14(15)18/h5-8,12-13,19H,4,9-11H2,1-3H3/b20-16-/t12-,13-/m1/s1. The highest BCUT2D eigenvalue weighted by molar-refractivity contribution is 6.35. The Morgan fingerprint density at radius 3 is 2.61 bits per heavy atom. The number of piperidine rings is 1. The van der Waals surface area contributed by atoms with Crippen molar-refractivity contribution in [2.45, 2.75) is 27.2 Å². The fourth-order valence-corrected chi connectivity index (χ4v) is 3.12. The molecule has 1 saturated heterocycles. The number of para-hydroxylation sites is 1. The summed E-state index contributed by atoms with van der Waals surface area (Å²) in [6, 6.07) is 7.29. The molecule has 1 aromatic carbocycles. The first kappa shape index (κ1) is 17.6. The highest BCUT2D eigenvalue weighted by Crippen LogP contribution is 2.23. The minimum Gasteiger partial charge on any atom is -0.460 e. The number of likely N-dealkylation sites (tertiary alicyclic amines) is 1. The molecule has 0 spiro atoms. The molecule has 126 valence electrons. The summed E-state index contributed by atoms with van der Waals surface area (Å²) >= 11 is 6.12.